The zero-order chi connectivity index (χ0) is 16.4. The lowest BCUT2D eigenvalue weighted by Gasteiger charge is -2.15. The van der Waals surface area contributed by atoms with E-state index in [9.17, 15) is 17.4 Å². The van der Waals surface area contributed by atoms with Crippen LogP contribution in [0, 0.1) is 0 Å². The predicted octanol–water partition coefficient (Wildman–Crippen LogP) is 5.02. The Morgan fingerprint density at radius 1 is 1.38 bits per heavy atom. The van der Waals surface area contributed by atoms with Crippen LogP contribution < -0.4 is 0 Å². The summed E-state index contributed by atoms with van der Waals surface area (Å²) in [5.74, 6) is -1.94. The van der Waals surface area contributed by atoms with E-state index in [-0.39, 0.29) is 15.5 Å². The lowest BCUT2D eigenvalue weighted by Crippen LogP contribution is -2.13. The van der Waals surface area contributed by atoms with Gasteiger partial charge in [0.1, 0.15) is 14.1 Å². The molecule has 0 spiro atoms. The van der Waals surface area contributed by atoms with Crippen LogP contribution in [0.2, 0.25) is 4.34 Å². The van der Waals surface area contributed by atoms with Crippen LogP contribution in [-0.2, 0) is 15.1 Å². The molecule has 0 radical (unpaired) electrons. The van der Waals surface area contributed by atoms with E-state index in [1.54, 1.807) is 0 Å². The van der Waals surface area contributed by atoms with Crippen LogP contribution >= 0.6 is 22.9 Å². The van der Waals surface area contributed by atoms with Crippen molar-refractivity contribution in [1.82, 2.24) is 4.98 Å². The SMILES string of the molecule is CN=S(=O)(CCC(F)=C(F)F)c1nc(C(C)(C)C)c(Cl)s1. The topological polar surface area (TPSA) is 42.3 Å². The second kappa shape index (κ2) is 6.66. The van der Waals surface area contributed by atoms with Crippen LogP contribution in [0.1, 0.15) is 32.9 Å². The van der Waals surface area contributed by atoms with Gasteiger partial charge in [0.05, 0.1) is 5.69 Å². The standard InChI is InChI=1S/C12H16ClF3N2OS2/c1-12(2,3)8-9(13)20-11(18-8)21(19,17-4)6-5-7(14)10(15)16/h5-6H2,1-4H3. The minimum absolute atomic E-state index is 0.145. The van der Waals surface area contributed by atoms with Gasteiger partial charge in [-0.25, -0.2) is 17.9 Å². The first-order chi connectivity index (χ1) is 9.51. The third-order valence-corrected chi connectivity index (χ3v) is 6.71. The van der Waals surface area contributed by atoms with E-state index < -0.39 is 28.1 Å². The quantitative estimate of drug-likeness (QED) is 0.756. The largest absolute Gasteiger partial charge is 0.301 e. The zero-order valence-electron chi connectivity index (χ0n) is 12.0. The molecule has 1 unspecified atom stereocenters. The molecule has 120 valence electrons. The summed E-state index contributed by atoms with van der Waals surface area (Å²) in [5, 5.41) is 0. The molecule has 0 N–H and O–H groups in total. The van der Waals surface area contributed by atoms with Crippen LogP contribution in [0.5, 0.6) is 0 Å². The van der Waals surface area contributed by atoms with Gasteiger partial charge in [0.2, 0.25) is 0 Å². The number of aromatic nitrogens is 1. The van der Waals surface area contributed by atoms with Crippen molar-refractivity contribution in [3.63, 3.8) is 0 Å². The molecule has 1 atom stereocenters. The lowest BCUT2D eigenvalue weighted by molar-refractivity contribution is 0.373. The van der Waals surface area contributed by atoms with Gasteiger partial charge < -0.3 is 0 Å². The highest BCUT2D eigenvalue weighted by atomic mass is 35.5. The Morgan fingerprint density at radius 3 is 2.33 bits per heavy atom. The molecule has 1 aromatic rings. The first-order valence-corrected chi connectivity index (χ1v) is 8.88. The Labute approximate surface area is 131 Å². The molecular formula is C12H16ClF3N2OS2. The summed E-state index contributed by atoms with van der Waals surface area (Å²) in [6.07, 6.45) is -3.05. The van der Waals surface area contributed by atoms with Crippen molar-refractivity contribution in [2.45, 2.75) is 36.9 Å². The Balaban J connectivity index is 3.17. The van der Waals surface area contributed by atoms with Crippen LogP contribution in [0.3, 0.4) is 0 Å². The molecule has 0 saturated carbocycles. The van der Waals surface area contributed by atoms with E-state index in [1.165, 1.54) is 7.05 Å². The zero-order valence-corrected chi connectivity index (χ0v) is 14.4. The Hall–Kier alpha value is -0.600. The molecular weight excluding hydrogens is 345 g/mol. The maximum atomic E-state index is 12.9. The summed E-state index contributed by atoms with van der Waals surface area (Å²) < 4.78 is 54.0. The van der Waals surface area contributed by atoms with Gasteiger partial charge in [0.25, 0.3) is 0 Å². The van der Waals surface area contributed by atoms with Crippen molar-refractivity contribution in [2.24, 2.45) is 4.36 Å². The van der Waals surface area contributed by atoms with Gasteiger partial charge in [-0.15, -0.1) is 0 Å². The molecule has 3 nitrogen and oxygen atoms in total. The molecule has 0 aliphatic heterocycles. The maximum absolute atomic E-state index is 12.9. The Morgan fingerprint density at radius 2 is 1.95 bits per heavy atom. The van der Waals surface area contributed by atoms with Crippen molar-refractivity contribution < 1.29 is 17.4 Å². The molecule has 1 rings (SSSR count). The Kier molecular flexibility index (Phi) is 5.85. The van der Waals surface area contributed by atoms with E-state index in [2.05, 4.69) is 9.35 Å². The molecule has 9 heteroatoms. The first kappa shape index (κ1) is 18.4. The third-order valence-electron chi connectivity index (χ3n) is 2.65. The molecule has 0 bridgehead atoms. The minimum Gasteiger partial charge on any atom is -0.242 e. The van der Waals surface area contributed by atoms with E-state index >= 15 is 0 Å². The lowest BCUT2D eigenvalue weighted by atomic mass is 9.93. The number of allylic oxidation sites excluding steroid dienone is 1. The normalized spacial score (nSPS) is 14.7. The first-order valence-electron chi connectivity index (χ1n) is 6.00. The number of halogens is 4. The third kappa shape index (κ3) is 4.43. The van der Waals surface area contributed by atoms with Gasteiger partial charge in [-0.1, -0.05) is 43.7 Å². The number of hydrogen-bond donors (Lipinski definition) is 0. The fourth-order valence-corrected chi connectivity index (χ4v) is 5.33. The minimum atomic E-state index is -3.06. The smallest absolute Gasteiger partial charge is 0.242 e. The summed E-state index contributed by atoms with van der Waals surface area (Å²) in [4.78, 5) is 4.24. The maximum Gasteiger partial charge on any atom is 0.301 e. The predicted molar refractivity (Wildman–Crippen MR) is 80.4 cm³/mol. The molecule has 0 aliphatic rings. The van der Waals surface area contributed by atoms with Crippen LogP contribution in [0.4, 0.5) is 13.2 Å². The average molecular weight is 361 g/mol. The van der Waals surface area contributed by atoms with Gasteiger partial charge >= 0.3 is 6.08 Å². The molecule has 0 aromatic carbocycles. The molecule has 21 heavy (non-hydrogen) atoms. The molecule has 1 aromatic heterocycles. The van der Waals surface area contributed by atoms with Crippen LogP contribution in [-0.4, -0.2) is 22.0 Å². The summed E-state index contributed by atoms with van der Waals surface area (Å²) in [6.45, 7) is 5.68. The molecule has 0 fully saturated rings. The van der Waals surface area contributed by atoms with E-state index in [0.717, 1.165) is 11.3 Å². The van der Waals surface area contributed by atoms with Crippen LogP contribution in [0.25, 0.3) is 0 Å². The van der Waals surface area contributed by atoms with Crippen molar-refractivity contribution in [1.29, 1.82) is 0 Å². The highest BCUT2D eigenvalue weighted by molar-refractivity contribution is 7.95. The fraction of sp³-hybridized carbons (Fsp3) is 0.583. The van der Waals surface area contributed by atoms with Gasteiger partial charge in [-0.2, -0.15) is 8.78 Å². The summed E-state index contributed by atoms with van der Waals surface area (Å²) >= 11 is 7.08. The number of rotatable bonds is 4. The van der Waals surface area contributed by atoms with Gasteiger partial charge in [0, 0.05) is 24.6 Å². The second-order valence-corrected chi connectivity index (χ2v) is 9.60. The van der Waals surface area contributed by atoms with Crippen molar-refractivity contribution in [2.75, 3.05) is 12.8 Å². The van der Waals surface area contributed by atoms with Crippen LogP contribution in [0.15, 0.2) is 20.6 Å². The van der Waals surface area contributed by atoms with E-state index in [1.807, 2.05) is 20.8 Å². The van der Waals surface area contributed by atoms with Crippen molar-refractivity contribution in [3.8, 4) is 0 Å². The summed E-state index contributed by atoms with van der Waals surface area (Å²) in [7, 11) is -1.76. The monoisotopic (exact) mass is 360 g/mol. The highest BCUT2D eigenvalue weighted by Crippen LogP contribution is 2.36. The summed E-state index contributed by atoms with van der Waals surface area (Å²) in [5.41, 5.74) is 0.212. The van der Waals surface area contributed by atoms with Crippen molar-refractivity contribution in [3.05, 3.63) is 21.9 Å². The van der Waals surface area contributed by atoms with E-state index in [0.29, 0.717) is 10.0 Å². The number of thiazole rings is 1. The molecule has 0 aliphatic carbocycles. The van der Waals surface area contributed by atoms with Gasteiger partial charge in [0.15, 0.2) is 10.2 Å². The Bertz CT molecular complexity index is 667. The molecule has 1 heterocycles. The molecule has 0 saturated heterocycles. The average Bonchev–Trinajstić information content (AvgIpc) is 2.78. The van der Waals surface area contributed by atoms with E-state index in [4.69, 9.17) is 11.6 Å². The number of nitrogens with zero attached hydrogens (tertiary/aromatic N) is 2. The number of hydrogen-bond acceptors (Lipinski definition) is 4. The highest BCUT2D eigenvalue weighted by Gasteiger charge is 2.26. The van der Waals surface area contributed by atoms with Gasteiger partial charge in [-0.3, -0.25) is 0 Å². The fourth-order valence-electron chi connectivity index (χ4n) is 1.46. The van der Waals surface area contributed by atoms with Crippen molar-refractivity contribution >= 4 is 32.7 Å². The van der Waals surface area contributed by atoms with Gasteiger partial charge in [-0.05, 0) is 0 Å². The summed E-state index contributed by atoms with van der Waals surface area (Å²) in [6, 6.07) is 0. The second-order valence-electron chi connectivity index (χ2n) is 5.29. The molecule has 0 amide bonds.